The fourth-order valence-electron chi connectivity index (χ4n) is 1.98. The summed E-state index contributed by atoms with van der Waals surface area (Å²) in [5, 5.41) is 0. The molecule has 0 bridgehead atoms. The summed E-state index contributed by atoms with van der Waals surface area (Å²) in [5.74, 6) is 0. The number of rotatable bonds is 6. The van der Waals surface area contributed by atoms with Gasteiger partial charge in [-0.2, -0.15) is 0 Å². The molecule has 0 aromatic carbocycles. The van der Waals surface area contributed by atoms with E-state index in [1.54, 1.807) is 0 Å². The first-order chi connectivity index (χ1) is 5.89. The van der Waals surface area contributed by atoms with Gasteiger partial charge in [-0.15, -0.1) is 0 Å². The van der Waals surface area contributed by atoms with E-state index in [0.29, 0.717) is 10.8 Å². The van der Waals surface area contributed by atoms with E-state index in [-0.39, 0.29) is 0 Å². The highest BCUT2D eigenvalue weighted by molar-refractivity contribution is 4.82. The Morgan fingerprint density at radius 3 is 1.92 bits per heavy atom. The summed E-state index contributed by atoms with van der Waals surface area (Å²) in [5.41, 5.74) is 12.0. The molecule has 1 unspecified atom stereocenters. The van der Waals surface area contributed by atoms with Crippen molar-refractivity contribution < 1.29 is 0 Å². The summed E-state index contributed by atoms with van der Waals surface area (Å²) < 4.78 is 0. The van der Waals surface area contributed by atoms with E-state index in [2.05, 4.69) is 27.7 Å². The Hall–Kier alpha value is -0.0800. The van der Waals surface area contributed by atoms with Gasteiger partial charge < -0.3 is 11.5 Å². The predicted molar refractivity (Wildman–Crippen MR) is 59.5 cm³/mol. The Morgan fingerprint density at radius 2 is 1.62 bits per heavy atom. The lowest BCUT2D eigenvalue weighted by Crippen LogP contribution is -2.33. The van der Waals surface area contributed by atoms with Crippen LogP contribution in [-0.2, 0) is 0 Å². The van der Waals surface area contributed by atoms with Gasteiger partial charge in [-0.1, -0.05) is 27.7 Å². The van der Waals surface area contributed by atoms with Gasteiger partial charge in [-0.05, 0) is 43.2 Å². The first-order valence-corrected chi connectivity index (χ1v) is 5.29. The molecule has 0 aliphatic rings. The molecule has 0 spiro atoms. The fraction of sp³-hybridized carbons (Fsp3) is 1.00. The van der Waals surface area contributed by atoms with Crippen LogP contribution in [-0.4, -0.2) is 13.1 Å². The van der Waals surface area contributed by atoms with Gasteiger partial charge in [0.2, 0.25) is 0 Å². The monoisotopic (exact) mass is 186 g/mol. The molecule has 0 aromatic heterocycles. The van der Waals surface area contributed by atoms with Crippen LogP contribution >= 0.6 is 0 Å². The lowest BCUT2D eigenvalue weighted by molar-refractivity contribution is 0.168. The molecule has 80 valence electrons. The van der Waals surface area contributed by atoms with Crippen LogP contribution in [0.25, 0.3) is 0 Å². The van der Waals surface area contributed by atoms with Crippen molar-refractivity contribution >= 4 is 0 Å². The van der Waals surface area contributed by atoms with Crippen molar-refractivity contribution in [2.45, 2.75) is 47.0 Å². The lowest BCUT2D eigenvalue weighted by atomic mass is 9.71. The van der Waals surface area contributed by atoms with E-state index in [0.717, 1.165) is 25.9 Å². The largest absolute Gasteiger partial charge is 0.330 e. The maximum Gasteiger partial charge on any atom is -0.00231 e. The van der Waals surface area contributed by atoms with Crippen molar-refractivity contribution in [1.82, 2.24) is 0 Å². The summed E-state index contributed by atoms with van der Waals surface area (Å²) in [6.07, 6.45) is 3.41. The summed E-state index contributed by atoms with van der Waals surface area (Å²) in [7, 11) is 0. The molecule has 0 aliphatic heterocycles. The molecule has 0 saturated heterocycles. The zero-order valence-corrected chi connectivity index (χ0v) is 9.69. The molecular formula is C11H26N2. The van der Waals surface area contributed by atoms with Crippen molar-refractivity contribution in [3.8, 4) is 0 Å². The molecule has 0 fully saturated rings. The molecule has 0 heterocycles. The first kappa shape index (κ1) is 12.9. The molecule has 0 amide bonds. The second-order valence-corrected chi connectivity index (χ2v) is 5.25. The van der Waals surface area contributed by atoms with Gasteiger partial charge in [0.05, 0.1) is 0 Å². The second kappa shape index (κ2) is 4.97. The van der Waals surface area contributed by atoms with Crippen LogP contribution in [0.5, 0.6) is 0 Å². The Morgan fingerprint density at radius 1 is 1.08 bits per heavy atom. The van der Waals surface area contributed by atoms with Crippen molar-refractivity contribution in [2.24, 2.45) is 22.3 Å². The highest BCUT2D eigenvalue weighted by Crippen LogP contribution is 2.37. The molecule has 13 heavy (non-hydrogen) atoms. The van der Waals surface area contributed by atoms with E-state index in [1.807, 2.05) is 0 Å². The molecule has 2 heteroatoms. The van der Waals surface area contributed by atoms with Crippen LogP contribution in [0.1, 0.15) is 47.0 Å². The second-order valence-electron chi connectivity index (χ2n) is 5.25. The molecule has 1 atom stereocenters. The molecule has 4 N–H and O–H groups in total. The van der Waals surface area contributed by atoms with Crippen LogP contribution in [0.15, 0.2) is 0 Å². The number of hydrogen-bond acceptors (Lipinski definition) is 2. The van der Waals surface area contributed by atoms with E-state index in [4.69, 9.17) is 11.5 Å². The van der Waals surface area contributed by atoms with Gasteiger partial charge in [0.1, 0.15) is 0 Å². The van der Waals surface area contributed by atoms with E-state index in [9.17, 15) is 0 Å². The smallest absolute Gasteiger partial charge is 0.00231 e. The fourth-order valence-corrected chi connectivity index (χ4v) is 1.98. The molecule has 2 nitrogen and oxygen atoms in total. The minimum atomic E-state index is 0.290. The molecule has 0 aromatic rings. The van der Waals surface area contributed by atoms with Crippen molar-refractivity contribution in [3.63, 3.8) is 0 Å². The van der Waals surface area contributed by atoms with Crippen LogP contribution in [0, 0.1) is 10.8 Å². The predicted octanol–water partition coefficient (Wildman–Crippen LogP) is 2.13. The average Bonchev–Trinajstić information content (AvgIpc) is 2.03. The van der Waals surface area contributed by atoms with Gasteiger partial charge in [0, 0.05) is 0 Å². The third-order valence-electron chi connectivity index (χ3n) is 3.07. The van der Waals surface area contributed by atoms with Crippen LogP contribution in [0.3, 0.4) is 0 Å². The summed E-state index contributed by atoms with van der Waals surface area (Å²) >= 11 is 0. The normalized spacial score (nSPS) is 17.1. The Kier molecular flexibility index (Phi) is 4.93. The standard InChI is InChI=1S/C11H26N2/c1-5-11(4,9-13)8-10(2,3)6-7-12/h5-9,12-13H2,1-4H3. The summed E-state index contributed by atoms with van der Waals surface area (Å²) in [6, 6.07) is 0. The van der Waals surface area contributed by atoms with E-state index in [1.165, 1.54) is 6.42 Å². The van der Waals surface area contributed by atoms with Gasteiger partial charge in [-0.3, -0.25) is 0 Å². The van der Waals surface area contributed by atoms with Crippen LogP contribution < -0.4 is 11.5 Å². The van der Waals surface area contributed by atoms with Crippen LogP contribution in [0.2, 0.25) is 0 Å². The van der Waals surface area contributed by atoms with Crippen molar-refractivity contribution in [1.29, 1.82) is 0 Å². The van der Waals surface area contributed by atoms with E-state index < -0.39 is 0 Å². The quantitative estimate of drug-likeness (QED) is 0.667. The van der Waals surface area contributed by atoms with Crippen molar-refractivity contribution in [2.75, 3.05) is 13.1 Å². The highest BCUT2D eigenvalue weighted by Gasteiger charge is 2.29. The number of nitrogens with two attached hydrogens (primary N) is 2. The van der Waals surface area contributed by atoms with E-state index >= 15 is 0 Å². The zero-order valence-electron chi connectivity index (χ0n) is 9.69. The minimum Gasteiger partial charge on any atom is -0.330 e. The maximum absolute atomic E-state index is 5.79. The molecular weight excluding hydrogens is 160 g/mol. The van der Waals surface area contributed by atoms with Crippen molar-refractivity contribution in [3.05, 3.63) is 0 Å². The van der Waals surface area contributed by atoms with Crippen LogP contribution in [0.4, 0.5) is 0 Å². The van der Waals surface area contributed by atoms with Gasteiger partial charge >= 0.3 is 0 Å². The Balaban J connectivity index is 4.21. The maximum atomic E-state index is 5.79. The Bertz CT molecular complexity index is 137. The molecule has 0 radical (unpaired) electrons. The highest BCUT2D eigenvalue weighted by atomic mass is 14.6. The average molecular weight is 186 g/mol. The number of hydrogen-bond donors (Lipinski definition) is 2. The minimum absolute atomic E-state index is 0.290. The third-order valence-corrected chi connectivity index (χ3v) is 3.07. The zero-order chi connectivity index (χ0) is 10.5. The molecule has 0 saturated carbocycles. The topological polar surface area (TPSA) is 52.0 Å². The van der Waals surface area contributed by atoms with Gasteiger partial charge in [0.25, 0.3) is 0 Å². The van der Waals surface area contributed by atoms with Gasteiger partial charge in [-0.25, -0.2) is 0 Å². The Labute approximate surface area is 83.1 Å². The molecule has 0 rings (SSSR count). The summed E-state index contributed by atoms with van der Waals surface area (Å²) in [6.45, 7) is 10.6. The molecule has 0 aliphatic carbocycles. The first-order valence-electron chi connectivity index (χ1n) is 5.29. The summed E-state index contributed by atoms with van der Waals surface area (Å²) in [4.78, 5) is 0. The SMILES string of the molecule is CCC(C)(CN)CC(C)(C)CCN. The van der Waals surface area contributed by atoms with Gasteiger partial charge in [0.15, 0.2) is 0 Å². The lowest BCUT2D eigenvalue weighted by Gasteiger charge is -2.36. The third kappa shape index (κ3) is 4.63.